The van der Waals surface area contributed by atoms with Crippen LogP contribution in [0, 0.1) is 0 Å². The highest BCUT2D eigenvalue weighted by Gasteiger charge is 2.23. The van der Waals surface area contributed by atoms with Gasteiger partial charge in [0.2, 0.25) is 0 Å². The first-order chi connectivity index (χ1) is 10.5. The fraction of sp³-hybridized carbons (Fsp3) is 0.250. The summed E-state index contributed by atoms with van der Waals surface area (Å²) in [5.74, 6) is 0.660. The summed E-state index contributed by atoms with van der Waals surface area (Å²) in [5.41, 5.74) is 0.639. The maximum absolute atomic E-state index is 12.8. The first-order valence-corrected chi connectivity index (χ1v) is 9.23. The molecule has 0 spiro atoms. The van der Waals surface area contributed by atoms with Gasteiger partial charge in [0.25, 0.3) is 10.0 Å². The average Bonchev–Trinajstić information content (AvgIpc) is 2.50. The molecule has 0 saturated carbocycles. The molecule has 0 aromatic heterocycles. The smallest absolute Gasteiger partial charge is 0.264 e. The number of sulfonamides is 1. The van der Waals surface area contributed by atoms with E-state index in [1.807, 2.05) is 26.0 Å². The lowest BCUT2D eigenvalue weighted by Crippen LogP contribution is -2.30. The predicted octanol–water partition coefficient (Wildman–Crippen LogP) is 4.06. The first-order valence-electron chi connectivity index (χ1n) is 7.00. The highest BCUT2D eigenvalue weighted by molar-refractivity contribution is 9.10. The molecule has 0 atom stereocenters. The van der Waals surface area contributed by atoms with E-state index in [4.69, 9.17) is 4.74 Å². The maximum atomic E-state index is 12.8. The molecule has 0 N–H and O–H groups in total. The zero-order valence-electron chi connectivity index (χ0n) is 12.5. The van der Waals surface area contributed by atoms with Crippen molar-refractivity contribution in [3.05, 3.63) is 53.0 Å². The van der Waals surface area contributed by atoms with E-state index >= 15 is 0 Å². The Hall–Kier alpha value is -1.53. The van der Waals surface area contributed by atoms with E-state index in [0.29, 0.717) is 24.6 Å². The minimum absolute atomic E-state index is 0.251. The van der Waals surface area contributed by atoms with E-state index in [1.54, 1.807) is 36.4 Å². The molecule has 0 amide bonds. The van der Waals surface area contributed by atoms with Crippen molar-refractivity contribution in [3.8, 4) is 5.75 Å². The quantitative estimate of drug-likeness (QED) is 0.755. The van der Waals surface area contributed by atoms with E-state index in [-0.39, 0.29) is 4.90 Å². The van der Waals surface area contributed by atoms with Crippen molar-refractivity contribution in [2.24, 2.45) is 0 Å². The fourth-order valence-corrected chi connectivity index (χ4v) is 3.84. The molecule has 0 aliphatic rings. The predicted molar refractivity (Wildman–Crippen MR) is 92.0 cm³/mol. The molecule has 0 fully saturated rings. The standard InChI is InChI=1S/C16H18BrNO3S/c1-3-18(14-7-5-13(17)6-8-14)22(19,20)16-11-9-15(10-12-16)21-4-2/h5-12H,3-4H2,1-2H3. The summed E-state index contributed by atoms with van der Waals surface area (Å²) >= 11 is 3.35. The highest BCUT2D eigenvalue weighted by Crippen LogP contribution is 2.26. The summed E-state index contributed by atoms with van der Waals surface area (Å²) in [6, 6.07) is 13.7. The van der Waals surface area contributed by atoms with Gasteiger partial charge in [0.05, 0.1) is 17.2 Å². The zero-order chi connectivity index (χ0) is 16.2. The summed E-state index contributed by atoms with van der Waals surface area (Å²) in [6.07, 6.45) is 0. The number of hydrogen-bond acceptors (Lipinski definition) is 3. The van der Waals surface area contributed by atoms with Crippen molar-refractivity contribution in [2.45, 2.75) is 18.7 Å². The van der Waals surface area contributed by atoms with Crippen LogP contribution in [-0.4, -0.2) is 21.6 Å². The molecule has 22 heavy (non-hydrogen) atoms. The third kappa shape index (κ3) is 3.62. The van der Waals surface area contributed by atoms with Crippen LogP contribution in [0.15, 0.2) is 57.9 Å². The number of anilines is 1. The fourth-order valence-electron chi connectivity index (χ4n) is 2.10. The van der Waals surface area contributed by atoms with E-state index in [9.17, 15) is 8.42 Å². The van der Waals surface area contributed by atoms with Crippen molar-refractivity contribution >= 4 is 31.6 Å². The Morgan fingerprint density at radius 2 is 1.59 bits per heavy atom. The van der Waals surface area contributed by atoms with Crippen LogP contribution in [0.2, 0.25) is 0 Å². The molecule has 0 radical (unpaired) electrons. The van der Waals surface area contributed by atoms with Crippen LogP contribution in [0.4, 0.5) is 5.69 Å². The number of halogens is 1. The van der Waals surface area contributed by atoms with Crippen LogP contribution < -0.4 is 9.04 Å². The largest absolute Gasteiger partial charge is 0.494 e. The molecular weight excluding hydrogens is 366 g/mol. The Morgan fingerprint density at radius 3 is 2.09 bits per heavy atom. The molecule has 0 bridgehead atoms. The molecule has 2 aromatic rings. The summed E-state index contributed by atoms with van der Waals surface area (Å²) < 4.78 is 33.2. The second-order valence-electron chi connectivity index (χ2n) is 4.55. The number of nitrogens with zero attached hydrogens (tertiary/aromatic N) is 1. The van der Waals surface area contributed by atoms with Crippen LogP contribution in [0.5, 0.6) is 5.75 Å². The Labute approximate surface area is 139 Å². The molecule has 0 heterocycles. The lowest BCUT2D eigenvalue weighted by Gasteiger charge is -2.23. The molecule has 118 valence electrons. The average molecular weight is 384 g/mol. The first kappa shape index (κ1) is 16.8. The van der Waals surface area contributed by atoms with Gasteiger partial charge in [-0.2, -0.15) is 0 Å². The van der Waals surface area contributed by atoms with Crippen LogP contribution in [0.25, 0.3) is 0 Å². The Kier molecular flexibility index (Phi) is 5.47. The SMILES string of the molecule is CCOc1ccc(S(=O)(=O)N(CC)c2ccc(Br)cc2)cc1. The van der Waals surface area contributed by atoms with Gasteiger partial charge in [-0.05, 0) is 62.4 Å². The molecule has 4 nitrogen and oxygen atoms in total. The summed E-state index contributed by atoms with van der Waals surface area (Å²) in [4.78, 5) is 0.251. The van der Waals surface area contributed by atoms with Gasteiger partial charge in [0.15, 0.2) is 0 Å². The van der Waals surface area contributed by atoms with Gasteiger partial charge in [-0.15, -0.1) is 0 Å². The summed E-state index contributed by atoms with van der Waals surface area (Å²) in [7, 11) is -3.59. The van der Waals surface area contributed by atoms with Crippen molar-refractivity contribution in [2.75, 3.05) is 17.5 Å². The Balaban J connectivity index is 2.36. The zero-order valence-corrected chi connectivity index (χ0v) is 14.9. The van der Waals surface area contributed by atoms with Gasteiger partial charge in [-0.3, -0.25) is 4.31 Å². The van der Waals surface area contributed by atoms with Crippen molar-refractivity contribution in [1.82, 2.24) is 0 Å². The van der Waals surface area contributed by atoms with Gasteiger partial charge in [-0.25, -0.2) is 8.42 Å². The molecule has 0 aliphatic heterocycles. The van der Waals surface area contributed by atoms with Crippen molar-refractivity contribution in [3.63, 3.8) is 0 Å². The van der Waals surface area contributed by atoms with Gasteiger partial charge < -0.3 is 4.74 Å². The summed E-state index contributed by atoms with van der Waals surface area (Å²) in [5, 5.41) is 0. The summed E-state index contributed by atoms with van der Waals surface area (Å²) in [6.45, 7) is 4.61. The number of benzene rings is 2. The maximum Gasteiger partial charge on any atom is 0.264 e. The minimum Gasteiger partial charge on any atom is -0.494 e. The third-order valence-corrected chi connectivity index (χ3v) is 5.57. The van der Waals surface area contributed by atoms with Crippen molar-refractivity contribution < 1.29 is 13.2 Å². The van der Waals surface area contributed by atoms with Crippen LogP contribution in [0.3, 0.4) is 0 Å². The van der Waals surface area contributed by atoms with E-state index in [2.05, 4.69) is 15.9 Å². The molecule has 0 aliphatic carbocycles. The molecule has 2 rings (SSSR count). The van der Waals surface area contributed by atoms with Gasteiger partial charge in [0, 0.05) is 11.0 Å². The monoisotopic (exact) mass is 383 g/mol. The molecule has 2 aromatic carbocycles. The molecular formula is C16H18BrNO3S. The van der Waals surface area contributed by atoms with Crippen molar-refractivity contribution in [1.29, 1.82) is 0 Å². The van der Waals surface area contributed by atoms with E-state index < -0.39 is 10.0 Å². The topological polar surface area (TPSA) is 46.6 Å². The number of ether oxygens (including phenoxy) is 1. The van der Waals surface area contributed by atoms with E-state index in [1.165, 1.54) is 4.31 Å². The third-order valence-electron chi connectivity index (χ3n) is 3.12. The molecule has 0 unspecified atom stereocenters. The second-order valence-corrected chi connectivity index (χ2v) is 7.33. The minimum atomic E-state index is -3.59. The van der Waals surface area contributed by atoms with Gasteiger partial charge >= 0.3 is 0 Å². The number of rotatable bonds is 6. The van der Waals surface area contributed by atoms with E-state index in [0.717, 1.165) is 4.47 Å². The molecule has 0 saturated heterocycles. The highest BCUT2D eigenvalue weighted by atomic mass is 79.9. The van der Waals surface area contributed by atoms with Crippen LogP contribution in [-0.2, 0) is 10.0 Å². The van der Waals surface area contributed by atoms with Gasteiger partial charge in [-0.1, -0.05) is 15.9 Å². The lowest BCUT2D eigenvalue weighted by atomic mass is 10.3. The normalized spacial score (nSPS) is 11.2. The Morgan fingerprint density at radius 1 is 1.00 bits per heavy atom. The molecule has 6 heteroatoms. The van der Waals surface area contributed by atoms with Crippen LogP contribution in [0.1, 0.15) is 13.8 Å². The Bertz CT molecular complexity index is 712. The lowest BCUT2D eigenvalue weighted by molar-refractivity contribution is 0.340. The number of hydrogen-bond donors (Lipinski definition) is 0. The van der Waals surface area contributed by atoms with Gasteiger partial charge in [0.1, 0.15) is 5.75 Å². The van der Waals surface area contributed by atoms with Crippen LogP contribution >= 0.6 is 15.9 Å². The second kappa shape index (κ2) is 7.15.